The van der Waals surface area contributed by atoms with E-state index < -0.39 is 0 Å². The number of piperidine rings is 1. The number of benzene rings is 1. The minimum absolute atomic E-state index is 0.0703. The van der Waals surface area contributed by atoms with Gasteiger partial charge < -0.3 is 10.2 Å². The summed E-state index contributed by atoms with van der Waals surface area (Å²) in [5, 5.41) is 3.01. The minimum atomic E-state index is -0.184. The Bertz CT molecular complexity index is 721. The third-order valence-corrected chi connectivity index (χ3v) is 4.47. The Kier molecular flexibility index (Phi) is 5.38. The first-order valence-electron chi connectivity index (χ1n) is 8.54. The summed E-state index contributed by atoms with van der Waals surface area (Å²) in [6.07, 6.45) is 5.53. The van der Waals surface area contributed by atoms with Crippen molar-refractivity contribution in [1.29, 1.82) is 0 Å². The molecule has 2 amide bonds. The fourth-order valence-electron chi connectivity index (χ4n) is 3.38. The van der Waals surface area contributed by atoms with E-state index in [0.29, 0.717) is 13.0 Å². The van der Waals surface area contributed by atoms with Gasteiger partial charge in [0, 0.05) is 31.9 Å². The number of rotatable bonds is 4. The van der Waals surface area contributed by atoms with Gasteiger partial charge in [-0.2, -0.15) is 0 Å². The van der Waals surface area contributed by atoms with Gasteiger partial charge in [0.1, 0.15) is 0 Å². The van der Waals surface area contributed by atoms with Gasteiger partial charge in [-0.25, -0.2) is 9.97 Å². The van der Waals surface area contributed by atoms with E-state index in [1.54, 1.807) is 18.5 Å². The predicted octanol–water partition coefficient (Wildman–Crippen LogP) is 1.83. The molecular formula is C19H22N4O2. The Morgan fingerprint density at radius 2 is 1.88 bits per heavy atom. The minimum Gasteiger partial charge on any atom is -0.352 e. The number of amides is 2. The number of hydrogen-bond donors (Lipinski definition) is 1. The molecule has 3 rings (SSSR count). The standard InChI is InChI=1S/C19H22N4O2/c1-14(24)22-16-9-5-12-23(19(25)18-20-10-6-11-21-18)17(16)13-15-7-3-2-4-8-15/h2-4,6-8,10-11,16-17H,5,9,12-13H2,1H3,(H,22,24)/t16-,17-/m0/s1. The van der Waals surface area contributed by atoms with Crippen molar-refractivity contribution in [2.24, 2.45) is 0 Å². The first-order chi connectivity index (χ1) is 12.1. The number of likely N-dealkylation sites (tertiary alicyclic amines) is 1. The second kappa shape index (κ2) is 7.88. The third-order valence-electron chi connectivity index (χ3n) is 4.47. The van der Waals surface area contributed by atoms with Gasteiger partial charge in [-0.3, -0.25) is 9.59 Å². The zero-order valence-electron chi connectivity index (χ0n) is 14.3. The number of carbonyl (C=O) groups is 2. The largest absolute Gasteiger partial charge is 0.352 e. The van der Waals surface area contributed by atoms with Crippen LogP contribution in [0.2, 0.25) is 0 Å². The fraction of sp³-hybridized carbons (Fsp3) is 0.368. The van der Waals surface area contributed by atoms with Gasteiger partial charge in [0.25, 0.3) is 5.91 Å². The maximum absolute atomic E-state index is 12.9. The fourth-order valence-corrected chi connectivity index (χ4v) is 3.38. The molecule has 0 unspecified atom stereocenters. The van der Waals surface area contributed by atoms with Crippen molar-refractivity contribution in [2.75, 3.05) is 6.54 Å². The van der Waals surface area contributed by atoms with E-state index in [1.165, 1.54) is 6.92 Å². The predicted molar refractivity (Wildman–Crippen MR) is 93.8 cm³/mol. The van der Waals surface area contributed by atoms with Crippen LogP contribution in [0.25, 0.3) is 0 Å². The lowest BCUT2D eigenvalue weighted by atomic mass is 9.90. The molecule has 1 aromatic carbocycles. The first-order valence-corrected chi connectivity index (χ1v) is 8.54. The molecule has 2 aromatic rings. The molecule has 6 heteroatoms. The SMILES string of the molecule is CC(=O)N[C@H]1CCCN(C(=O)c2ncccn2)[C@H]1Cc1ccccc1. The average molecular weight is 338 g/mol. The summed E-state index contributed by atoms with van der Waals surface area (Å²) in [6, 6.07) is 11.5. The third kappa shape index (κ3) is 4.21. The number of carbonyl (C=O) groups excluding carboxylic acids is 2. The number of nitrogens with zero attached hydrogens (tertiary/aromatic N) is 3. The molecule has 2 atom stereocenters. The Labute approximate surface area is 147 Å². The highest BCUT2D eigenvalue weighted by Crippen LogP contribution is 2.23. The van der Waals surface area contributed by atoms with Crippen LogP contribution in [0, 0.1) is 0 Å². The van der Waals surface area contributed by atoms with Crippen molar-refractivity contribution in [2.45, 2.75) is 38.3 Å². The van der Waals surface area contributed by atoms with Gasteiger partial charge in [0.15, 0.2) is 0 Å². The number of hydrogen-bond acceptors (Lipinski definition) is 4. The van der Waals surface area contributed by atoms with Gasteiger partial charge in [-0.15, -0.1) is 0 Å². The highest BCUT2D eigenvalue weighted by Gasteiger charge is 2.36. The van der Waals surface area contributed by atoms with E-state index in [1.807, 2.05) is 35.2 Å². The molecule has 0 bridgehead atoms. The summed E-state index contributed by atoms with van der Waals surface area (Å²) >= 11 is 0. The summed E-state index contributed by atoms with van der Waals surface area (Å²) in [6.45, 7) is 2.16. The highest BCUT2D eigenvalue weighted by molar-refractivity contribution is 5.90. The van der Waals surface area contributed by atoms with Crippen molar-refractivity contribution in [1.82, 2.24) is 20.2 Å². The lowest BCUT2D eigenvalue weighted by molar-refractivity contribution is -0.120. The average Bonchev–Trinajstić information content (AvgIpc) is 2.64. The van der Waals surface area contributed by atoms with E-state index in [9.17, 15) is 9.59 Å². The Hall–Kier alpha value is -2.76. The molecule has 1 aliphatic rings. The summed E-state index contributed by atoms with van der Waals surface area (Å²) in [7, 11) is 0. The second-order valence-corrected chi connectivity index (χ2v) is 6.28. The van der Waals surface area contributed by atoms with E-state index in [0.717, 1.165) is 18.4 Å². The molecule has 2 heterocycles. The van der Waals surface area contributed by atoms with Gasteiger partial charge in [-0.05, 0) is 30.9 Å². The molecule has 6 nitrogen and oxygen atoms in total. The molecule has 1 saturated heterocycles. The van der Waals surface area contributed by atoms with Crippen LogP contribution in [-0.4, -0.2) is 45.3 Å². The van der Waals surface area contributed by atoms with Crippen molar-refractivity contribution < 1.29 is 9.59 Å². The van der Waals surface area contributed by atoms with E-state index in [-0.39, 0.29) is 29.7 Å². The maximum Gasteiger partial charge on any atom is 0.291 e. The molecule has 0 saturated carbocycles. The molecule has 1 fully saturated rings. The quantitative estimate of drug-likeness (QED) is 0.923. The normalized spacial score (nSPS) is 20.1. The summed E-state index contributed by atoms with van der Waals surface area (Å²) in [5.41, 5.74) is 1.14. The first kappa shape index (κ1) is 17.1. The van der Waals surface area contributed by atoms with Crippen molar-refractivity contribution in [3.05, 3.63) is 60.2 Å². The van der Waals surface area contributed by atoms with Crippen LogP contribution >= 0.6 is 0 Å². The van der Waals surface area contributed by atoms with E-state index >= 15 is 0 Å². The van der Waals surface area contributed by atoms with Crippen LogP contribution in [0.4, 0.5) is 0 Å². The molecular weight excluding hydrogens is 316 g/mol. The number of aromatic nitrogens is 2. The molecule has 1 aromatic heterocycles. The molecule has 1 aliphatic heterocycles. The molecule has 0 spiro atoms. The zero-order chi connectivity index (χ0) is 17.6. The van der Waals surface area contributed by atoms with E-state index in [4.69, 9.17) is 0 Å². The Morgan fingerprint density at radius 1 is 1.16 bits per heavy atom. The lowest BCUT2D eigenvalue weighted by Crippen LogP contribution is -2.57. The molecule has 130 valence electrons. The lowest BCUT2D eigenvalue weighted by Gasteiger charge is -2.41. The van der Waals surface area contributed by atoms with Gasteiger partial charge >= 0.3 is 0 Å². The second-order valence-electron chi connectivity index (χ2n) is 6.28. The van der Waals surface area contributed by atoms with Crippen LogP contribution in [-0.2, 0) is 11.2 Å². The maximum atomic E-state index is 12.9. The van der Waals surface area contributed by atoms with Crippen molar-refractivity contribution >= 4 is 11.8 Å². The smallest absolute Gasteiger partial charge is 0.291 e. The monoisotopic (exact) mass is 338 g/mol. The van der Waals surface area contributed by atoms with Crippen LogP contribution in [0.3, 0.4) is 0 Å². The van der Waals surface area contributed by atoms with Crippen LogP contribution in [0.5, 0.6) is 0 Å². The summed E-state index contributed by atoms with van der Waals surface area (Å²) in [5.74, 6) is -0.0612. The highest BCUT2D eigenvalue weighted by atomic mass is 16.2. The summed E-state index contributed by atoms with van der Waals surface area (Å²) in [4.78, 5) is 34.5. The molecule has 0 radical (unpaired) electrons. The van der Waals surface area contributed by atoms with Gasteiger partial charge in [0.2, 0.25) is 11.7 Å². The van der Waals surface area contributed by atoms with Gasteiger partial charge in [0.05, 0.1) is 6.04 Å². The number of nitrogens with one attached hydrogen (secondary N) is 1. The molecule has 1 N–H and O–H groups in total. The topological polar surface area (TPSA) is 75.2 Å². The Balaban J connectivity index is 1.87. The summed E-state index contributed by atoms with van der Waals surface area (Å²) < 4.78 is 0. The molecule has 25 heavy (non-hydrogen) atoms. The van der Waals surface area contributed by atoms with Crippen molar-refractivity contribution in [3.63, 3.8) is 0 Å². The van der Waals surface area contributed by atoms with Crippen molar-refractivity contribution in [3.8, 4) is 0 Å². The Morgan fingerprint density at radius 3 is 2.56 bits per heavy atom. The van der Waals surface area contributed by atoms with Crippen LogP contribution in [0.15, 0.2) is 48.8 Å². The van der Waals surface area contributed by atoms with Crippen LogP contribution in [0.1, 0.15) is 35.9 Å². The van der Waals surface area contributed by atoms with Gasteiger partial charge in [-0.1, -0.05) is 30.3 Å². The molecule has 0 aliphatic carbocycles. The van der Waals surface area contributed by atoms with E-state index in [2.05, 4.69) is 15.3 Å². The zero-order valence-corrected chi connectivity index (χ0v) is 14.3. The van der Waals surface area contributed by atoms with Crippen LogP contribution < -0.4 is 5.32 Å².